The fourth-order valence-electron chi connectivity index (χ4n) is 1.53. The predicted octanol–water partition coefficient (Wildman–Crippen LogP) is 0.920. The van der Waals surface area contributed by atoms with Crippen LogP contribution >= 0.6 is 0 Å². The normalized spacial score (nSPS) is 11.7. The number of aromatic nitrogens is 1. The van der Waals surface area contributed by atoms with Crippen molar-refractivity contribution in [2.24, 2.45) is 5.73 Å². The minimum Gasteiger partial charge on any atom is -0.445 e. The van der Waals surface area contributed by atoms with E-state index in [0.717, 1.165) is 5.56 Å². The lowest BCUT2D eigenvalue weighted by Crippen LogP contribution is -2.23. The Labute approximate surface area is 111 Å². The van der Waals surface area contributed by atoms with Crippen LogP contribution in [0.3, 0.4) is 0 Å². The molecule has 0 amide bonds. The first kappa shape index (κ1) is 13.7. The first-order valence-electron chi connectivity index (χ1n) is 5.71. The summed E-state index contributed by atoms with van der Waals surface area (Å²) in [5.74, 6) is 0.973. The van der Waals surface area contributed by atoms with Gasteiger partial charge in [0, 0.05) is 6.54 Å². The number of rotatable bonds is 5. The predicted molar refractivity (Wildman–Crippen MR) is 69.6 cm³/mol. The maximum absolute atomic E-state index is 12.0. The molecule has 1 aromatic carbocycles. The Bertz CT molecular complexity index is 647. The molecule has 0 bridgehead atoms. The van der Waals surface area contributed by atoms with Gasteiger partial charge in [-0.05, 0) is 24.6 Å². The minimum absolute atomic E-state index is 0.0226. The summed E-state index contributed by atoms with van der Waals surface area (Å²) in [5, 5.41) is 0. The lowest BCUT2D eigenvalue weighted by molar-refractivity contribution is 0.463. The van der Waals surface area contributed by atoms with Gasteiger partial charge in [-0.3, -0.25) is 0 Å². The van der Waals surface area contributed by atoms with E-state index in [2.05, 4.69) is 9.71 Å². The van der Waals surface area contributed by atoms with Crippen LogP contribution in [0, 0.1) is 6.92 Å². The van der Waals surface area contributed by atoms with Gasteiger partial charge in [-0.15, -0.1) is 0 Å². The Morgan fingerprint density at radius 3 is 2.53 bits per heavy atom. The topological polar surface area (TPSA) is 98.2 Å². The third kappa shape index (κ3) is 3.40. The summed E-state index contributed by atoms with van der Waals surface area (Å²) in [6.45, 7) is 2.15. The second kappa shape index (κ2) is 5.52. The van der Waals surface area contributed by atoms with Crippen LogP contribution in [-0.2, 0) is 23.1 Å². The van der Waals surface area contributed by atoms with Gasteiger partial charge in [0.1, 0.15) is 5.76 Å². The van der Waals surface area contributed by atoms with Crippen molar-refractivity contribution < 1.29 is 12.8 Å². The van der Waals surface area contributed by atoms with E-state index in [1.807, 2.05) is 0 Å². The average molecular weight is 281 g/mol. The Kier molecular flexibility index (Phi) is 3.98. The van der Waals surface area contributed by atoms with E-state index in [4.69, 9.17) is 10.2 Å². The van der Waals surface area contributed by atoms with Crippen LogP contribution in [0.1, 0.15) is 17.2 Å². The minimum atomic E-state index is -3.57. The molecular formula is C12H15N3O3S. The van der Waals surface area contributed by atoms with Gasteiger partial charge in [-0.25, -0.2) is 18.1 Å². The monoisotopic (exact) mass is 281 g/mol. The lowest BCUT2D eigenvalue weighted by atomic mass is 10.2. The second-order valence-electron chi connectivity index (χ2n) is 4.04. The van der Waals surface area contributed by atoms with E-state index in [1.54, 1.807) is 25.3 Å². The molecule has 3 N–H and O–H groups in total. The van der Waals surface area contributed by atoms with Crippen LogP contribution < -0.4 is 10.5 Å². The summed E-state index contributed by atoms with van der Waals surface area (Å²) in [6.07, 6.45) is 1.54. The van der Waals surface area contributed by atoms with Crippen LogP contribution in [-0.4, -0.2) is 13.4 Å². The third-order valence-corrected chi connectivity index (χ3v) is 3.97. The van der Waals surface area contributed by atoms with Gasteiger partial charge in [0.15, 0.2) is 0 Å². The molecule has 0 atom stereocenters. The number of nitrogens with one attached hydrogen (secondary N) is 1. The Hall–Kier alpha value is -1.70. The molecule has 0 saturated carbocycles. The van der Waals surface area contributed by atoms with Crippen molar-refractivity contribution in [1.29, 1.82) is 0 Å². The van der Waals surface area contributed by atoms with E-state index in [1.165, 1.54) is 12.1 Å². The zero-order valence-corrected chi connectivity index (χ0v) is 11.3. The van der Waals surface area contributed by atoms with Crippen LogP contribution in [0.5, 0.6) is 0 Å². The highest BCUT2D eigenvalue weighted by molar-refractivity contribution is 7.89. The zero-order valence-electron chi connectivity index (χ0n) is 10.5. The molecule has 1 aromatic heterocycles. The first-order valence-corrected chi connectivity index (χ1v) is 7.19. The molecule has 1 heterocycles. The molecule has 0 spiro atoms. The van der Waals surface area contributed by atoms with Crippen molar-refractivity contribution >= 4 is 10.0 Å². The van der Waals surface area contributed by atoms with Crippen molar-refractivity contribution in [1.82, 2.24) is 9.71 Å². The standard InChI is InChI=1S/C12H15N3O3S/c1-9-7-14-12(18-9)8-15-19(16,17)11-4-2-10(6-13)3-5-11/h2-5,7,15H,6,8,13H2,1H3. The molecule has 0 aliphatic rings. The summed E-state index contributed by atoms with van der Waals surface area (Å²) in [4.78, 5) is 4.12. The fourth-order valence-corrected chi connectivity index (χ4v) is 2.50. The Balaban J connectivity index is 2.09. The maximum Gasteiger partial charge on any atom is 0.241 e. The first-order chi connectivity index (χ1) is 9.01. The van der Waals surface area contributed by atoms with Crippen LogP contribution in [0.15, 0.2) is 39.8 Å². The molecule has 6 nitrogen and oxygen atoms in total. The molecule has 0 fully saturated rings. The summed E-state index contributed by atoms with van der Waals surface area (Å²) in [7, 11) is -3.57. The van der Waals surface area contributed by atoms with Gasteiger partial charge in [-0.2, -0.15) is 0 Å². The molecule has 0 saturated heterocycles. The molecule has 0 unspecified atom stereocenters. The molecule has 2 rings (SSSR count). The van der Waals surface area contributed by atoms with Crippen molar-refractivity contribution in [3.8, 4) is 0 Å². The number of benzene rings is 1. The molecule has 2 aromatic rings. The van der Waals surface area contributed by atoms with Crippen molar-refractivity contribution in [3.63, 3.8) is 0 Å². The van der Waals surface area contributed by atoms with Crippen molar-refractivity contribution in [2.75, 3.05) is 0 Å². The number of oxazole rings is 1. The highest BCUT2D eigenvalue weighted by atomic mass is 32.2. The molecule has 19 heavy (non-hydrogen) atoms. The summed E-state index contributed by atoms with van der Waals surface area (Å²) in [6, 6.07) is 6.41. The number of nitrogens with zero attached hydrogens (tertiary/aromatic N) is 1. The second-order valence-corrected chi connectivity index (χ2v) is 5.80. The van der Waals surface area contributed by atoms with E-state index < -0.39 is 10.0 Å². The number of hydrogen-bond donors (Lipinski definition) is 2. The quantitative estimate of drug-likeness (QED) is 0.849. The highest BCUT2D eigenvalue weighted by Crippen LogP contribution is 2.11. The molecule has 102 valence electrons. The van der Waals surface area contributed by atoms with E-state index in [0.29, 0.717) is 18.2 Å². The van der Waals surface area contributed by atoms with Crippen molar-refractivity contribution in [3.05, 3.63) is 47.7 Å². The summed E-state index contributed by atoms with van der Waals surface area (Å²) in [5.41, 5.74) is 6.34. The van der Waals surface area contributed by atoms with Gasteiger partial charge in [0.2, 0.25) is 15.9 Å². The molecule has 0 aliphatic heterocycles. The van der Waals surface area contributed by atoms with Gasteiger partial charge in [0.05, 0.1) is 17.6 Å². The summed E-state index contributed by atoms with van der Waals surface area (Å²) < 4.78 is 31.6. The van der Waals surface area contributed by atoms with Crippen LogP contribution in [0.25, 0.3) is 0 Å². The van der Waals surface area contributed by atoms with Gasteiger partial charge < -0.3 is 10.2 Å². The van der Waals surface area contributed by atoms with E-state index >= 15 is 0 Å². The smallest absolute Gasteiger partial charge is 0.241 e. The number of sulfonamides is 1. The van der Waals surface area contributed by atoms with Gasteiger partial charge >= 0.3 is 0 Å². The Morgan fingerprint density at radius 2 is 2.00 bits per heavy atom. The maximum atomic E-state index is 12.0. The van der Waals surface area contributed by atoms with Gasteiger partial charge in [0.25, 0.3) is 0 Å². The Morgan fingerprint density at radius 1 is 1.32 bits per heavy atom. The highest BCUT2D eigenvalue weighted by Gasteiger charge is 2.14. The number of hydrogen-bond acceptors (Lipinski definition) is 5. The fraction of sp³-hybridized carbons (Fsp3) is 0.250. The molecule has 0 radical (unpaired) electrons. The average Bonchev–Trinajstić information content (AvgIpc) is 2.82. The SMILES string of the molecule is Cc1cnc(CNS(=O)(=O)c2ccc(CN)cc2)o1. The molecular weight excluding hydrogens is 266 g/mol. The van der Waals surface area contributed by atoms with Crippen molar-refractivity contribution in [2.45, 2.75) is 24.9 Å². The largest absolute Gasteiger partial charge is 0.445 e. The summed E-state index contributed by atoms with van der Waals surface area (Å²) >= 11 is 0. The number of nitrogens with two attached hydrogens (primary N) is 1. The third-order valence-electron chi connectivity index (χ3n) is 2.55. The van der Waals surface area contributed by atoms with E-state index in [9.17, 15) is 8.42 Å². The number of aryl methyl sites for hydroxylation is 1. The van der Waals surface area contributed by atoms with Gasteiger partial charge in [-0.1, -0.05) is 12.1 Å². The van der Waals surface area contributed by atoms with Crippen LogP contribution in [0.4, 0.5) is 0 Å². The molecule has 7 heteroatoms. The van der Waals surface area contributed by atoms with E-state index in [-0.39, 0.29) is 11.4 Å². The molecule has 0 aliphatic carbocycles. The van der Waals surface area contributed by atoms with Crippen LogP contribution in [0.2, 0.25) is 0 Å². The lowest BCUT2D eigenvalue weighted by Gasteiger charge is -2.05. The zero-order chi connectivity index (χ0) is 13.9.